The van der Waals surface area contributed by atoms with Gasteiger partial charge in [0.25, 0.3) is 0 Å². The number of hydrogen-bond acceptors (Lipinski definition) is 6. The van der Waals surface area contributed by atoms with Gasteiger partial charge in [-0.1, -0.05) is 24.4 Å². The third kappa shape index (κ3) is 2.60. The van der Waals surface area contributed by atoms with Crippen molar-refractivity contribution in [2.45, 2.75) is 50.2 Å². The first-order chi connectivity index (χ1) is 9.73. The molecule has 1 saturated carbocycles. The smallest absolute Gasteiger partial charge is 0.249 e. The molecule has 0 spiro atoms. The minimum atomic E-state index is -0.629. The first-order valence-corrected chi connectivity index (χ1v) is 7.46. The highest BCUT2D eigenvalue weighted by molar-refractivity contribution is 5.06. The lowest BCUT2D eigenvalue weighted by molar-refractivity contribution is 0.0273. The van der Waals surface area contributed by atoms with Crippen LogP contribution in [0.3, 0.4) is 0 Å². The van der Waals surface area contributed by atoms with Gasteiger partial charge in [-0.15, -0.1) is 0 Å². The average molecular weight is 281 g/mol. The van der Waals surface area contributed by atoms with Crippen LogP contribution < -0.4 is 5.73 Å². The Morgan fingerprint density at radius 3 is 2.80 bits per heavy atom. The number of aromatic nitrogens is 2. The van der Waals surface area contributed by atoms with E-state index in [-0.39, 0.29) is 6.10 Å². The third-order valence-corrected chi connectivity index (χ3v) is 4.51. The number of hydrogen-bond donors (Lipinski definition) is 1. The molecule has 0 amide bonds. The molecule has 2 N–H and O–H groups in total. The molecule has 2 aliphatic rings. The summed E-state index contributed by atoms with van der Waals surface area (Å²) in [6.07, 6.45) is 6.79. The average Bonchev–Trinajstić information content (AvgIpc) is 3.11. The molecule has 1 aromatic heterocycles. The maximum Gasteiger partial charge on any atom is 0.249 e. The van der Waals surface area contributed by atoms with Gasteiger partial charge in [-0.25, -0.2) is 0 Å². The highest BCUT2D eigenvalue weighted by Gasteiger charge is 2.39. The third-order valence-electron chi connectivity index (χ3n) is 4.51. The minimum absolute atomic E-state index is 0.0845. The summed E-state index contributed by atoms with van der Waals surface area (Å²) >= 11 is 0. The van der Waals surface area contributed by atoms with Crippen LogP contribution in [0.5, 0.6) is 0 Å². The van der Waals surface area contributed by atoms with Crippen molar-refractivity contribution in [3.8, 4) is 0 Å². The normalized spacial score (nSPS) is 29.7. The fraction of sp³-hybridized carbons (Fsp3) is 0.857. The van der Waals surface area contributed by atoms with Gasteiger partial charge in [0, 0.05) is 13.7 Å². The number of methoxy groups -OCH3 is 1. The van der Waals surface area contributed by atoms with Crippen LogP contribution in [0.4, 0.5) is 0 Å². The van der Waals surface area contributed by atoms with E-state index in [4.69, 9.17) is 19.7 Å². The zero-order valence-electron chi connectivity index (χ0n) is 12.0. The molecule has 2 heterocycles. The molecule has 0 radical (unpaired) electrons. The molecule has 1 aliphatic heterocycles. The standard InChI is InChI=1S/C14H23N3O3/c1-18-11(10-5-3-2-4-6-10)12-16-13(20-17-12)14(15)7-8-19-9-14/h10-11H,2-9,15H2,1H3. The van der Waals surface area contributed by atoms with Gasteiger partial charge < -0.3 is 19.7 Å². The summed E-state index contributed by atoms with van der Waals surface area (Å²) in [6.45, 7) is 1.08. The SMILES string of the molecule is COC(c1noc(C2(N)CCOC2)n1)C1CCCCC1. The summed E-state index contributed by atoms with van der Waals surface area (Å²) < 4.78 is 16.3. The Hall–Kier alpha value is -0.980. The Morgan fingerprint density at radius 1 is 1.35 bits per heavy atom. The molecule has 2 fully saturated rings. The largest absolute Gasteiger partial charge is 0.379 e. The molecular formula is C14H23N3O3. The van der Waals surface area contributed by atoms with E-state index < -0.39 is 5.54 Å². The molecular weight excluding hydrogens is 258 g/mol. The molecule has 0 aromatic carbocycles. The minimum Gasteiger partial charge on any atom is -0.379 e. The maximum atomic E-state index is 6.25. The molecule has 2 unspecified atom stereocenters. The predicted molar refractivity (Wildman–Crippen MR) is 71.9 cm³/mol. The topological polar surface area (TPSA) is 83.4 Å². The first kappa shape index (κ1) is 14.0. The summed E-state index contributed by atoms with van der Waals surface area (Å²) in [6, 6.07) is 0. The summed E-state index contributed by atoms with van der Waals surface area (Å²) in [5.74, 6) is 1.58. The van der Waals surface area contributed by atoms with Crippen molar-refractivity contribution in [2.24, 2.45) is 11.7 Å². The lowest BCUT2D eigenvalue weighted by Crippen LogP contribution is -2.37. The van der Waals surface area contributed by atoms with E-state index >= 15 is 0 Å². The lowest BCUT2D eigenvalue weighted by Gasteiger charge is -2.27. The van der Waals surface area contributed by atoms with Gasteiger partial charge in [-0.2, -0.15) is 4.98 Å². The van der Waals surface area contributed by atoms with Crippen LogP contribution in [0.2, 0.25) is 0 Å². The van der Waals surface area contributed by atoms with Crippen LogP contribution in [-0.4, -0.2) is 30.5 Å². The Morgan fingerprint density at radius 2 is 2.15 bits per heavy atom. The number of nitrogens with zero attached hydrogens (tertiary/aromatic N) is 2. The van der Waals surface area contributed by atoms with Crippen molar-refractivity contribution >= 4 is 0 Å². The summed E-state index contributed by atoms with van der Waals surface area (Å²) in [5, 5.41) is 4.11. The second-order valence-corrected chi connectivity index (χ2v) is 5.97. The van der Waals surface area contributed by atoms with Gasteiger partial charge in [-0.05, 0) is 25.2 Å². The second kappa shape index (κ2) is 5.79. The van der Waals surface area contributed by atoms with Gasteiger partial charge in [0.2, 0.25) is 11.7 Å². The number of rotatable bonds is 4. The van der Waals surface area contributed by atoms with E-state index in [9.17, 15) is 0 Å². The Balaban J connectivity index is 1.77. The fourth-order valence-corrected chi connectivity index (χ4v) is 3.25. The van der Waals surface area contributed by atoms with Gasteiger partial charge >= 0.3 is 0 Å². The van der Waals surface area contributed by atoms with Crippen molar-refractivity contribution < 1.29 is 14.0 Å². The van der Waals surface area contributed by atoms with Gasteiger partial charge in [0.1, 0.15) is 11.6 Å². The number of nitrogens with two attached hydrogens (primary N) is 1. The van der Waals surface area contributed by atoms with E-state index in [0.717, 1.165) is 6.42 Å². The molecule has 3 rings (SSSR count). The summed E-state index contributed by atoms with van der Waals surface area (Å²) in [4.78, 5) is 4.50. The van der Waals surface area contributed by atoms with Crippen molar-refractivity contribution in [1.29, 1.82) is 0 Å². The summed E-state index contributed by atoms with van der Waals surface area (Å²) in [5.41, 5.74) is 5.62. The summed E-state index contributed by atoms with van der Waals surface area (Å²) in [7, 11) is 1.71. The molecule has 1 saturated heterocycles. The van der Waals surface area contributed by atoms with Crippen molar-refractivity contribution in [1.82, 2.24) is 10.1 Å². The Labute approximate surface area is 119 Å². The van der Waals surface area contributed by atoms with E-state index in [1.54, 1.807) is 7.11 Å². The lowest BCUT2D eigenvalue weighted by atomic mass is 9.85. The van der Waals surface area contributed by atoms with Crippen LogP contribution in [0.1, 0.15) is 56.3 Å². The van der Waals surface area contributed by atoms with Gasteiger partial charge in [-0.3, -0.25) is 0 Å². The quantitative estimate of drug-likeness (QED) is 0.907. The molecule has 0 bridgehead atoms. The van der Waals surface area contributed by atoms with Gasteiger partial charge in [0.15, 0.2) is 0 Å². The number of ether oxygens (including phenoxy) is 2. The zero-order valence-corrected chi connectivity index (χ0v) is 12.0. The van der Waals surface area contributed by atoms with Crippen molar-refractivity contribution in [2.75, 3.05) is 20.3 Å². The maximum absolute atomic E-state index is 6.25. The van der Waals surface area contributed by atoms with E-state index in [1.165, 1.54) is 32.1 Å². The van der Waals surface area contributed by atoms with Crippen molar-refractivity contribution in [3.63, 3.8) is 0 Å². The zero-order chi connectivity index (χ0) is 14.0. The molecule has 1 aliphatic carbocycles. The highest BCUT2D eigenvalue weighted by atomic mass is 16.5. The second-order valence-electron chi connectivity index (χ2n) is 5.97. The van der Waals surface area contributed by atoms with Gasteiger partial charge in [0.05, 0.1) is 6.61 Å². The molecule has 2 atom stereocenters. The Kier molecular flexibility index (Phi) is 4.05. The molecule has 20 heavy (non-hydrogen) atoms. The van der Waals surface area contributed by atoms with E-state index in [2.05, 4.69) is 10.1 Å². The molecule has 6 nitrogen and oxygen atoms in total. The fourth-order valence-electron chi connectivity index (χ4n) is 3.25. The molecule has 1 aromatic rings. The Bertz CT molecular complexity index is 437. The van der Waals surface area contributed by atoms with Crippen LogP contribution in [0.15, 0.2) is 4.52 Å². The van der Waals surface area contributed by atoms with Crippen LogP contribution in [0, 0.1) is 5.92 Å². The van der Waals surface area contributed by atoms with Crippen LogP contribution in [-0.2, 0) is 15.0 Å². The molecule has 112 valence electrons. The highest BCUT2D eigenvalue weighted by Crippen LogP contribution is 2.36. The van der Waals surface area contributed by atoms with E-state index in [1.807, 2.05) is 0 Å². The van der Waals surface area contributed by atoms with Crippen molar-refractivity contribution in [3.05, 3.63) is 11.7 Å². The van der Waals surface area contributed by atoms with Crippen LogP contribution in [0.25, 0.3) is 0 Å². The monoisotopic (exact) mass is 281 g/mol. The first-order valence-electron chi connectivity index (χ1n) is 7.46. The molecule has 6 heteroatoms. The van der Waals surface area contributed by atoms with Crippen LogP contribution >= 0.6 is 0 Å². The van der Waals surface area contributed by atoms with E-state index in [0.29, 0.717) is 30.8 Å². The predicted octanol–water partition coefficient (Wildman–Crippen LogP) is 1.91.